The molecule has 0 saturated heterocycles. The van der Waals surface area contributed by atoms with E-state index in [1.165, 1.54) is 24.3 Å². The quantitative estimate of drug-likeness (QED) is 0.851. The van der Waals surface area contributed by atoms with Gasteiger partial charge >= 0.3 is 5.97 Å². The maximum absolute atomic E-state index is 13.2. The summed E-state index contributed by atoms with van der Waals surface area (Å²) >= 11 is 0. The molecule has 0 heterocycles. The smallest absolute Gasteiger partial charge is 0.303 e. The molecule has 0 saturated carbocycles. The van der Waals surface area contributed by atoms with Gasteiger partial charge in [-0.25, -0.2) is 8.78 Å². The Bertz CT molecular complexity index is 588. The van der Waals surface area contributed by atoms with Crippen LogP contribution in [0.3, 0.4) is 0 Å². The predicted octanol–water partition coefficient (Wildman–Crippen LogP) is 4.53. The van der Waals surface area contributed by atoms with Crippen molar-refractivity contribution in [2.75, 3.05) is 0 Å². The monoisotopic (exact) mass is 304 g/mol. The summed E-state index contributed by atoms with van der Waals surface area (Å²) in [4.78, 5) is 10.7. The Balaban J connectivity index is 2.36. The lowest BCUT2D eigenvalue weighted by atomic mass is 9.73. The van der Waals surface area contributed by atoms with Crippen molar-refractivity contribution < 1.29 is 18.7 Å². The van der Waals surface area contributed by atoms with E-state index in [4.69, 9.17) is 5.11 Å². The summed E-state index contributed by atoms with van der Waals surface area (Å²) in [6.07, 6.45) is 1.13. The fourth-order valence-electron chi connectivity index (χ4n) is 2.68. The van der Waals surface area contributed by atoms with E-state index in [-0.39, 0.29) is 18.1 Å². The summed E-state index contributed by atoms with van der Waals surface area (Å²) < 4.78 is 26.3. The highest BCUT2D eigenvalue weighted by molar-refractivity contribution is 5.66. The Morgan fingerprint density at radius 3 is 1.73 bits per heavy atom. The first-order valence-corrected chi connectivity index (χ1v) is 7.16. The average molecular weight is 304 g/mol. The van der Waals surface area contributed by atoms with E-state index in [1.54, 1.807) is 24.3 Å². The molecule has 2 aromatic carbocycles. The molecular formula is C18H18F2O2. The molecule has 0 aliphatic heterocycles. The molecule has 0 spiro atoms. The third-order valence-corrected chi connectivity index (χ3v) is 4.03. The standard InChI is InChI=1S/C18H18F2O2/c1-18(12-2-3-17(21)22,13-4-8-15(19)9-5-13)14-6-10-16(20)11-7-14/h4-11H,2-3,12H2,1H3,(H,21,22). The van der Waals surface area contributed by atoms with Gasteiger partial charge in [0.05, 0.1) is 0 Å². The summed E-state index contributed by atoms with van der Waals surface area (Å²) in [5.41, 5.74) is 1.27. The van der Waals surface area contributed by atoms with Crippen LogP contribution >= 0.6 is 0 Å². The molecule has 0 radical (unpaired) electrons. The second kappa shape index (κ2) is 6.69. The Labute approximate surface area is 128 Å². The van der Waals surface area contributed by atoms with Gasteiger partial charge in [-0.1, -0.05) is 31.2 Å². The third-order valence-electron chi connectivity index (χ3n) is 4.03. The first kappa shape index (κ1) is 16.1. The van der Waals surface area contributed by atoms with Gasteiger partial charge in [-0.2, -0.15) is 0 Å². The molecule has 4 heteroatoms. The molecule has 0 aliphatic carbocycles. The highest BCUT2D eigenvalue weighted by Gasteiger charge is 2.28. The van der Waals surface area contributed by atoms with Gasteiger partial charge in [-0.3, -0.25) is 4.79 Å². The second-order valence-corrected chi connectivity index (χ2v) is 5.59. The van der Waals surface area contributed by atoms with Crippen LogP contribution in [0.5, 0.6) is 0 Å². The van der Waals surface area contributed by atoms with Crippen LogP contribution in [0.1, 0.15) is 37.3 Å². The minimum atomic E-state index is -0.847. The highest BCUT2D eigenvalue weighted by Crippen LogP contribution is 2.37. The zero-order valence-electron chi connectivity index (χ0n) is 12.4. The van der Waals surface area contributed by atoms with Crippen LogP contribution in [0.15, 0.2) is 48.5 Å². The van der Waals surface area contributed by atoms with Crippen molar-refractivity contribution in [2.24, 2.45) is 0 Å². The van der Waals surface area contributed by atoms with Gasteiger partial charge in [0.15, 0.2) is 0 Å². The molecule has 0 aromatic heterocycles. The maximum atomic E-state index is 13.2. The molecule has 0 aliphatic rings. The van der Waals surface area contributed by atoms with Crippen molar-refractivity contribution >= 4 is 5.97 Å². The van der Waals surface area contributed by atoms with Crippen LogP contribution in [-0.2, 0) is 10.2 Å². The summed E-state index contributed by atoms with van der Waals surface area (Å²) in [6.45, 7) is 1.97. The van der Waals surface area contributed by atoms with Crippen LogP contribution in [0.25, 0.3) is 0 Å². The average Bonchev–Trinajstić information content (AvgIpc) is 2.48. The summed E-state index contributed by atoms with van der Waals surface area (Å²) in [5, 5.41) is 8.83. The fourth-order valence-corrected chi connectivity index (χ4v) is 2.68. The molecule has 0 unspecified atom stereocenters. The predicted molar refractivity (Wildman–Crippen MR) is 80.7 cm³/mol. The van der Waals surface area contributed by atoms with E-state index in [1.807, 2.05) is 6.92 Å². The first-order valence-electron chi connectivity index (χ1n) is 7.16. The van der Waals surface area contributed by atoms with Gasteiger partial charge in [0.1, 0.15) is 11.6 Å². The molecule has 116 valence electrons. The van der Waals surface area contributed by atoms with E-state index in [9.17, 15) is 13.6 Å². The van der Waals surface area contributed by atoms with Crippen molar-refractivity contribution in [2.45, 2.75) is 31.6 Å². The van der Waals surface area contributed by atoms with Gasteiger partial charge in [0.2, 0.25) is 0 Å². The first-order chi connectivity index (χ1) is 10.4. The lowest BCUT2D eigenvalue weighted by Gasteiger charge is -2.31. The number of aliphatic carboxylic acids is 1. The van der Waals surface area contributed by atoms with E-state index in [0.29, 0.717) is 12.8 Å². The number of carboxylic acid groups (broad SMARTS) is 1. The third kappa shape index (κ3) is 3.70. The largest absolute Gasteiger partial charge is 0.481 e. The topological polar surface area (TPSA) is 37.3 Å². The maximum Gasteiger partial charge on any atom is 0.303 e. The number of rotatable bonds is 6. The zero-order valence-corrected chi connectivity index (χ0v) is 12.4. The molecule has 2 rings (SSSR count). The minimum Gasteiger partial charge on any atom is -0.481 e. The molecule has 2 nitrogen and oxygen atoms in total. The van der Waals surface area contributed by atoms with Crippen LogP contribution in [0, 0.1) is 11.6 Å². The van der Waals surface area contributed by atoms with Crippen LogP contribution < -0.4 is 0 Å². The van der Waals surface area contributed by atoms with Crippen molar-refractivity contribution in [3.63, 3.8) is 0 Å². The Morgan fingerprint density at radius 2 is 1.36 bits per heavy atom. The number of carbonyl (C=O) groups is 1. The van der Waals surface area contributed by atoms with Crippen LogP contribution in [0.4, 0.5) is 8.78 Å². The molecule has 1 N–H and O–H groups in total. The van der Waals surface area contributed by atoms with Crippen molar-refractivity contribution in [3.05, 3.63) is 71.3 Å². The van der Waals surface area contributed by atoms with E-state index >= 15 is 0 Å². The summed E-state index contributed by atoms with van der Waals surface area (Å²) in [6, 6.07) is 12.3. The summed E-state index contributed by atoms with van der Waals surface area (Å²) in [5.74, 6) is -1.49. The zero-order chi connectivity index (χ0) is 16.2. The number of carboxylic acids is 1. The molecular weight excluding hydrogens is 286 g/mol. The van der Waals surface area contributed by atoms with Gasteiger partial charge in [0, 0.05) is 11.8 Å². The molecule has 22 heavy (non-hydrogen) atoms. The lowest BCUT2D eigenvalue weighted by molar-refractivity contribution is -0.137. The molecule has 0 fully saturated rings. The van der Waals surface area contributed by atoms with E-state index < -0.39 is 11.4 Å². The van der Waals surface area contributed by atoms with Crippen molar-refractivity contribution in [1.82, 2.24) is 0 Å². The highest BCUT2D eigenvalue weighted by atomic mass is 19.1. The minimum absolute atomic E-state index is 0.0674. The second-order valence-electron chi connectivity index (χ2n) is 5.59. The van der Waals surface area contributed by atoms with E-state index in [2.05, 4.69) is 0 Å². The van der Waals surface area contributed by atoms with Crippen LogP contribution in [-0.4, -0.2) is 11.1 Å². The molecule has 0 atom stereocenters. The van der Waals surface area contributed by atoms with Gasteiger partial charge < -0.3 is 5.11 Å². The van der Waals surface area contributed by atoms with Gasteiger partial charge in [0.25, 0.3) is 0 Å². The molecule has 0 amide bonds. The number of hydrogen-bond acceptors (Lipinski definition) is 1. The summed E-state index contributed by atoms with van der Waals surface area (Å²) in [7, 11) is 0. The fraction of sp³-hybridized carbons (Fsp3) is 0.278. The Morgan fingerprint density at radius 1 is 0.955 bits per heavy atom. The van der Waals surface area contributed by atoms with Crippen molar-refractivity contribution in [1.29, 1.82) is 0 Å². The Hall–Kier alpha value is -2.23. The number of benzene rings is 2. The molecule has 2 aromatic rings. The molecule has 0 bridgehead atoms. The SMILES string of the molecule is CC(CCCC(=O)O)(c1ccc(F)cc1)c1ccc(F)cc1. The number of halogens is 2. The van der Waals surface area contributed by atoms with Crippen LogP contribution in [0.2, 0.25) is 0 Å². The lowest BCUT2D eigenvalue weighted by Crippen LogP contribution is -2.24. The number of hydrogen-bond donors (Lipinski definition) is 1. The van der Waals surface area contributed by atoms with E-state index in [0.717, 1.165) is 11.1 Å². The normalized spacial score (nSPS) is 11.4. The Kier molecular flexibility index (Phi) is 4.91. The van der Waals surface area contributed by atoms with Crippen molar-refractivity contribution in [3.8, 4) is 0 Å². The van der Waals surface area contributed by atoms with Gasteiger partial charge in [-0.05, 0) is 48.2 Å². The van der Waals surface area contributed by atoms with Gasteiger partial charge in [-0.15, -0.1) is 0 Å².